The highest BCUT2D eigenvalue weighted by atomic mass is 32.2. The summed E-state index contributed by atoms with van der Waals surface area (Å²) >= 11 is 1.83. The predicted octanol–water partition coefficient (Wildman–Crippen LogP) is 1.59. The zero-order chi connectivity index (χ0) is 13.0. The van der Waals surface area contributed by atoms with Crippen LogP contribution >= 0.6 is 11.8 Å². The number of oxime groups is 1. The van der Waals surface area contributed by atoms with E-state index in [0.29, 0.717) is 17.0 Å². The molecule has 18 heavy (non-hydrogen) atoms. The molecular formula is C12H17N3O2S. The summed E-state index contributed by atoms with van der Waals surface area (Å²) in [5, 5.41) is 12.2. The van der Waals surface area contributed by atoms with E-state index in [9.17, 15) is 0 Å². The molecule has 0 aromatic carbocycles. The van der Waals surface area contributed by atoms with E-state index in [1.165, 1.54) is 0 Å². The van der Waals surface area contributed by atoms with Crippen LogP contribution in [-0.4, -0.2) is 34.0 Å². The van der Waals surface area contributed by atoms with Gasteiger partial charge in [0.15, 0.2) is 5.84 Å². The predicted molar refractivity (Wildman–Crippen MR) is 71.9 cm³/mol. The van der Waals surface area contributed by atoms with Crippen LogP contribution in [0, 0.1) is 0 Å². The van der Waals surface area contributed by atoms with Crippen LogP contribution in [0.2, 0.25) is 0 Å². The molecule has 5 nitrogen and oxygen atoms in total. The SMILES string of the molecule is CC1OCCC1SCc1cccnc1/C(N)=N/O. The fourth-order valence-corrected chi connectivity index (χ4v) is 3.20. The first-order chi connectivity index (χ1) is 8.72. The van der Waals surface area contributed by atoms with Crippen LogP contribution in [0.1, 0.15) is 24.6 Å². The molecule has 2 unspecified atom stereocenters. The number of nitrogens with zero attached hydrogens (tertiary/aromatic N) is 2. The van der Waals surface area contributed by atoms with Crippen molar-refractivity contribution in [1.82, 2.24) is 4.98 Å². The molecule has 0 saturated carbocycles. The van der Waals surface area contributed by atoms with Crippen molar-refractivity contribution in [3.8, 4) is 0 Å². The Morgan fingerprint density at radius 3 is 3.22 bits per heavy atom. The van der Waals surface area contributed by atoms with Gasteiger partial charge in [0.1, 0.15) is 5.69 Å². The third kappa shape index (κ3) is 2.94. The van der Waals surface area contributed by atoms with Crippen molar-refractivity contribution < 1.29 is 9.94 Å². The fraction of sp³-hybridized carbons (Fsp3) is 0.500. The second-order valence-electron chi connectivity index (χ2n) is 4.21. The molecule has 1 aromatic rings. The molecule has 0 aliphatic carbocycles. The Hall–Kier alpha value is -1.27. The monoisotopic (exact) mass is 267 g/mol. The lowest BCUT2D eigenvalue weighted by Crippen LogP contribution is -2.18. The number of nitrogens with two attached hydrogens (primary N) is 1. The van der Waals surface area contributed by atoms with Crippen LogP contribution in [0.25, 0.3) is 0 Å². The number of amidine groups is 1. The molecule has 2 rings (SSSR count). The molecule has 3 N–H and O–H groups in total. The zero-order valence-corrected chi connectivity index (χ0v) is 11.1. The van der Waals surface area contributed by atoms with Crippen LogP contribution in [0.3, 0.4) is 0 Å². The van der Waals surface area contributed by atoms with E-state index in [0.717, 1.165) is 24.3 Å². The van der Waals surface area contributed by atoms with Crippen LogP contribution in [0.15, 0.2) is 23.5 Å². The van der Waals surface area contributed by atoms with Gasteiger partial charge in [-0.25, -0.2) is 0 Å². The molecule has 0 amide bonds. The van der Waals surface area contributed by atoms with Gasteiger partial charge in [-0.1, -0.05) is 11.2 Å². The van der Waals surface area contributed by atoms with Crippen LogP contribution in [-0.2, 0) is 10.5 Å². The zero-order valence-electron chi connectivity index (χ0n) is 10.2. The fourth-order valence-electron chi connectivity index (χ4n) is 1.96. The molecule has 0 bridgehead atoms. The number of rotatable bonds is 4. The summed E-state index contributed by atoms with van der Waals surface area (Å²) in [6.45, 7) is 2.93. The maximum atomic E-state index is 8.73. The Balaban J connectivity index is 2.05. The number of pyridine rings is 1. The third-order valence-corrected chi connectivity index (χ3v) is 4.53. The van der Waals surface area contributed by atoms with Gasteiger partial charge in [0.2, 0.25) is 0 Å². The van der Waals surface area contributed by atoms with Gasteiger partial charge < -0.3 is 15.7 Å². The summed E-state index contributed by atoms with van der Waals surface area (Å²) in [6, 6.07) is 3.81. The van der Waals surface area contributed by atoms with Gasteiger partial charge >= 0.3 is 0 Å². The maximum absolute atomic E-state index is 8.73. The average Bonchev–Trinajstić information content (AvgIpc) is 2.81. The maximum Gasteiger partial charge on any atom is 0.189 e. The van der Waals surface area contributed by atoms with Crippen molar-refractivity contribution >= 4 is 17.6 Å². The lowest BCUT2D eigenvalue weighted by molar-refractivity contribution is 0.127. The number of aromatic nitrogens is 1. The molecule has 0 radical (unpaired) electrons. The summed E-state index contributed by atoms with van der Waals surface area (Å²) < 4.78 is 5.53. The smallest absolute Gasteiger partial charge is 0.189 e. The summed E-state index contributed by atoms with van der Waals surface area (Å²) in [4.78, 5) is 4.15. The van der Waals surface area contributed by atoms with Crippen molar-refractivity contribution in [2.45, 2.75) is 30.5 Å². The van der Waals surface area contributed by atoms with Crippen molar-refractivity contribution in [3.05, 3.63) is 29.6 Å². The van der Waals surface area contributed by atoms with E-state index in [1.807, 2.05) is 23.9 Å². The summed E-state index contributed by atoms with van der Waals surface area (Å²) in [7, 11) is 0. The van der Waals surface area contributed by atoms with Gasteiger partial charge in [0, 0.05) is 23.8 Å². The Bertz CT molecular complexity index is 439. The Morgan fingerprint density at radius 2 is 2.56 bits per heavy atom. The first-order valence-electron chi connectivity index (χ1n) is 5.87. The van der Waals surface area contributed by atoms with Crippen molar-refractivity contribution in [2.24, 2.45) is 10.9 Å². The Morgan fingerprint density at radius 1 is 1.72 bits per heavy atom. The third-order valence-electron chi connectivity index (χ3n) is 3.00. The first-order valence-corrected chi connectivity index (χ1v) is 6.92. The molecule has 2 heterocycles. The number of hydrogen-bond donors (Lipinski definition) is 2. The lowest BCUT2D eigenvalue weighted by atomic mass is 10.2. The molecule has 1 aromatic heterocycles. The highest BCUT2D eigenvalue weighted by Crippen LogP contribution is 2.29. The highest BCUT2D eigenvalue weighted by Gasteiger charge is 2.24. The second kappa shape index (κ2) is 6.06. The molecule has 98 valence electrons. The van der Waals surface area contributed by atoms with E-state index >= 15 is 0 Å². The number of hydrogen-bond acceptors (Lipinski definition) is 5. The largest absolute Gasteiger partial charge is 0.409 e. The summed E-state index contributed by atoms with van der Waals surface area (Å²) in [5.74, 6) is 0.847. The Kier molecular flexibility index (Phi) is 4.43. The van der Waals surface area contributed by atoms with Gasteiger partial charge in [0.05, 0.1) is 6.10 Å². The molecule has 2 atom stereocenters. The summed E-state index contributed by atoms with van der Waals surface area (Å²) in [6.07, 6.45) is 3.01. The van der Waals surface area contributed by atoms with Crippen LogP contribution in [0.4, 0.5) is 0 Å². The topological polar surface area (TPSA) is 80.7 Å². The van der Waals surface area contributed by atoms with E-state index < -0.39 is 0 Å². The van der Waals surface area contributed by atoms with Crippen molar-refractivity contribution in [3.63, 3.8) is 0 Å². The molecule has 1 aliphatic rings. The minimum absolute atomic E-state index is 0.0573. The Labute approximate surface area is 110 Å². The number of thioether (sulfide) groups is 1. The van der Waals surface area contributed by atoms with Crippen LogP contribution in [0.5, 0.6) is 0 Å². The molecule has 1 saturated heterocycles. The van der Waals surface area contributed by atoms with Gasteiger partial charge in [-0.2, -0.15) is 11.8 Å². The van der Waals surface area contributed by atoms with Gasteiger partial charge in [0.25, 0.3) is 0 Å². The molecule has 6 heteroatoms. The minimum Gasteiger partial charge on any atom is -0.409 e. The van der Waals surface area contributed by atoms with Gasteiger partial charge in [-0.3, -0.25) is 4.98 Å². The van der Waals surface area contributed by atoms with Gasteiger partial charge in [-0.15, -0.1) is 0 Å². The van der Waals surface area contributed by atoms with Crippen molar-refractivity contribution in [2.75, 3.05) is 6.61 Å². The first kappa shape index (κ1) is 13.2. The lowest BCUT2D eigenvalue weighted by Gasteiger charge is -2.14. The minimum atomic E-state index is 0.0573. The van der Waals surface area contributed by atoms with E-state index in [1.54, 1.807) is 6.20 Å². The molecular weight excluding hydrogens is 250 g/mol. The van der Waals surface area contributed by atoms with Crippen molar-refractivity contribution in [1.29, 1.82) is 0 Å². The molecule has 1 fully saturated rings. The summed E-state index contributed by atoms with van der Waals surface area (Å²) in [5.41, 5.74) is 7.15. The van der Waals surface area contributed by atoms with E-state index in [4.69, 9.17) is 15.7 Å². The van der Waals surface area contributed by atoms with E-state index in [-0.39, 0.29) is 5.84 Å². The average molecular weight is 267 g/mol. The molecule has 1 aliphatic heterocycles. The van der Waals surface area contributed by atoms with Crippen LogP contribution < -0.4 is 5.73 Å². The normalized spacial score (nSPS) is 24.4. The van der Waals surface area contributed by atoms with Gasteiger partial charge in [-0.05, 0) is 25.0 Å². The number of ether oxygens (including phenoxy) is 1. The standard InChI is InChI=1S/C12H17N3O2S/c1-8-10(4-6-17-8)18-7-9-3-2-5-14-11(9)12(13)15-16/h2-3,5,8,10,16H,4,6-7H2,1H3,(H2,13,15). The quantitative estimate of drug-likeness (QED) is 0.375. The second-order valence-corrected chi connectivity index (χ2v) is 5.44. The molecule has 0 spiro atoms. The van der Waals surface area contributed by atoms with E-state index in [2.05, 4.69) is 17.1 Å². The highest BCUT2D eigenvalue weighted by molar-refractivity contribution is 7.99.